The summed E-state index contributed by atoms with van der Waals surface area (Å²) in [6, 6.07) is 8.23. The van der Waals surface area contributed by atoms with Crippen molar-refractivity contribution in [1.29, 1.82) is 0 Å². The van der Waals surface area contributed by atoms with Crippen molar-refractivity contribution in [3.8, 4) is 0 Å². The van der Waals surface area contributed by atoms with Crippen molar-refractivity contribution in [2.45, 2.75) is 38.1 Å². The summed E-state index contributed by atoms with van der Waals surface area (Å²) in [6.07, 6.45) is 5.15. The molecule has 2 amide bonds. The van der Waals surface area contributed by atoms with Crippen LogP contribution in [0.2, 0.25) is 0 Å². The predicted octanol–water partition coefficient (Wildman–Crippen LogP) is 6.22. The minimum Gasteiger partial charge on any atom is -0.312 e. The summed E-state index contributed by atoms with van der Waals surface area (Å²) in [5.74, 6) is -1.67. The fourth-order valence-corrected chi connectivity index (χ4v) is 6.21. The Kier molecular flexibility index (Phi) is 5.22. The molecule has 0 saturated heterocycles. The zero-order valence-corrected chi connectivity index (χ0v) is 17.6. The molecule has 1 N–H and O–H groups in total. The summed E-state index contributed by atoms with van der Waals surface area (Å²) >= 11 is 1.73. The number of urea groups is 1. The van der Waals surface area contributed by atoms with Gasteiger partial charge < -0.3 is 10.2 Å². The Bertz CT molecular complexity index is 1140. The molecule has 0 radical (unpaired) electrons. The molecule has 0 unspecified atom stereocenters. The minimum absolute atomic E-state index is 0.195. The van der Waals surface area contributed by atoms with Gasteiger partial charge in [0.05, 0.1) is 11.7 Å². The third-order valence-corrected chi connectivity index (χ3v) is 7.48. The van der Waals surface area contributed by atoms with E-state index in [0.29, 0.717) is 6.54 Å². The van der Waals surface area contributed by atoms with E-state index in [1.807, 2.05) is 0 Å². The standard InChI is InChI=1S/C24H21F3N2OS/c25-15-7-5-14(6-8-15)22-23-18(17-3-1-2-4-21(17)31-23)11-12-29(22)24(30)28-20-13-16(26)9-10-19(20)27/h5-10,13,22H,1-4,11-12H2,(H,28,30)/t22-/m1/s1. The lowest BCUT2D eigenvalue weighted by molar-refractivity contribution is 0.195. The second-order valence-electron chi connectivity index (χ2n) is 8.01. The molecule has 0 fully saturated rings. The lowest BCUT2D eigenvalue weighted by Crippen LogP contribution is -2.42. The highest BCUT2D eigenvalue weighted by Crippen LogP contribution is 2.45. The highest BCUT2D eigenvalue weighted by Gasteiger charge is 2.36. The summed E-state index contributed by atoms with van der Waals surface area (Å²) in [7, 11) is 0. The van der Waals surface area contributed by atoms with Gasteiger partial charge in [-0.25, -0.2) is 18.0 Å². The number of rotatable bonds is 2. The Hall–Kier alpha value is -2.80. The van der Waals surface area contributed by atoms with Gasteiger partial charge in [-0.15, -0.1) is 11.3 Å². The van der Waals surface area contributed by atoms with Gasteiger partial charge in [0.25, 0.3) is 0 Å². The third kappa shape index (κ3) is 3.71. The summed E-state index contributed by atoms with van der Waals surface area (Å²) in [5, 5.41) is 2.53. The van der Waals surface area contributed by atoms with Crippen molar-refractivity contribution in [2.24, 2.45) is 0 Å². The van der Waals surface area contributed by atoms with Crippen molar-refractivity contribution in [1.82, 2.24) is 4.90 Å². The molecule has 31 heavy (non-hydrogen) atoms. The van der Waals surface area contributed by atoms with Gasteiger partial charge in [0.1, 0.15) is 17.5 Å². The molecule has 3 aromatic rings. The van der Waals surface area contributed by atoms with Crippen LogP contribution in [0.5, 0.6) is 0 Å². The predicted molar refractivity (Wildman–Crippen MR) is 115 cm³/mol. The number of nitrogens with zero attached hydrogens (tertiary/aromatic N) is 1. The molecule has 0 bridgehead atoms. The maximum Gasteiger partial charge on any atom is 0.322 e. The van der Waals surface area contributed by atoms with Gasteiger partial charge in [-0.05, 0) is 73.1 Å². The van der Waals surface area contributed by atoms with Crippen molar-refractivity contribution < 1.29 is 18.0 Å². The molecule has 5 rings (SSSR count). The van der Waals surface area contributed by atoms with Crippen molar-refractivity contribution in [3.05, 3.63) is 86.4 Å². The van der Waals surface area contributed by atoms with Crippen molar-refractivity contribution >= 4 is 23.1 Å². The van der Waals surface area contributed by atoms with E-state index in [9.17, 15) is 18.0 Å². The van der Waals surface area contributed by atoms with Crippen LogP contribution in [0.4, 0.5) is 23.7 Å². The van der Waals surface area contributed by atoms with Crippen LogP contribution in [0.25, 0.3) is 0 Å². The van der Waals surface area contributed by atoms with E-state index < -0.39 is 23.7 Å². The fourth-order valence-electron chi connectivity index (χ4n) is 4.63. The average Bonchev–Trinajstić information content (AvgIpc) is 3.15. The SMILES string of the molecule is O=C(Nc1cc(F)ccc1F)N1CCc2c(sc3c2CCCC3)[C@H]1c1ccc(F)cc1. The van der Waals surface area contributed by atoms with Crippen LogP contribution in [0.15, 0.2) is 42.5 Å². The van der Waals surface area contributed by atoms with Crippen LogP contribution in [-0.4, -0.2) is 17.5 Å². The molecule has 1 aliphatic heterocycles. The molecule has 0 saturated carbocycles. The van der Waals surface area contributed by atoms with E-state index in [-0.39, 0.29) is 11.5 Å². The van der Waals surface area contributed by atoms with E-state index in [2.05, 4.69) is 5.32 Å². The minimum atomic E-state index is -0.697. The monoisotopic (exact) mass is 442 g/mol. The molecule has 2 aliphatic rings. The zero-order chi connectivity index (χ0) is 21.5. The number of aryl methyl sites for hydroxylation is 1. The topological polar surface area (TPSA) is 32.3 Å². The van der Waals surface area contributed by atoms with E-state index in [4.69, 9.17) is 0 Å². The quantitative estimate of drug-likeness (QED) is 0.502. The van der Waals surface area contributed by atoms with Crippen molar-refractivity contribution in [2.75, 3.05) is 11.9 Å². The van der Waals surface area contributed by atoms with E-state index >= 15 is 0 Å². The number of benzene rings is 2. The van der Waals surface area contributed by atoms with E-state index in [0.717, 1.165) is 54.3 Å². The Labute approximate surface area is 182 Å². The van der Waals surface area contributed by atoms with Gasteiger partial charge in [-0.1, -0.05) is 12.1 Å². The van der Waals surface area contributed by atoms with Gasteiger partial charge >= 0.3 is 6.03 Å². The number of amides is 2. The Morgan fingerprint density at radius 3 is 2.48 bits per heavy atom. The molecule has 160 valence electrons. The first-order chi connectivity index (χ1) is 15.0. The number of nitrogens with one attached hydrogen (secondary N) is 1. The summed E-state index contributed by atoms with van der Waals surface area (Å²) in [5.41, 5.74) is 3.32. The van der Waals surface area contributed by atoms with Crippen LogP contribution >= 0.6 is 11.3 Å². The van der Waals surface area contributed by atoms with E-state index in [1.165, 1.54) is 34.6 Å². The smallest absolute Gasteiger partial charge is 0.312 e. The first kappa shape index (κ1) is 20.1. The molecule has 1 aromatic heterocycles. The number of carbonyl (C=O) groups excluding carboxylic acids is 1. The number of halogens is 3. The second-order valence-corrected chi connectivity index (χ2v) is 9.14. The molecule has 1 atom stereocenters. The normalized spacial score (nSPS) is 17.8. The maximum absolute atomic E-state index is 14.1. The summed E-state index contributed by atoms with van der Waals surface area (Å²) < 4.78 is 41.3. The molecule has 2 heterocycles. The molecule has 1 aliphatic carbocycles. The molecule has 7 heteroatoms. The fraction of sp³-hybridized carbons (Fsp3) is 0.292. The first-order valence-electron chi connectivity index (χ1n) is 10.4. The Balaban J connectivity index is 1.54. The van der Waals surface area contributed by atoms with Crippen LogP contribution in [0.1, 0.15) is 45.3 Å². The largest absolute Gasteiger partial charge is 0.322 e. The first-order valence-corrected chi connectivity index (χ1v) is 11.2. The number of hydrogen-bond acceptors (Lipinski definition) is 2. The molecule has 3 nitrogen and oxygen atoms in total. The highest BCUT2D eigenvalue weighted by molar-refractivity contribution is 7.12. The highest BCUT2D eigenvalue weighted by atomic mass is 32.1. The van der Waals surface area contributed by atoms with Crippen LogP contribution in [0.3, 0.4) is 0 Å². The van der Waals surface area contributed by atoms with E-state index in [1.54, 1.807) is 28.4 Å². The van der Waals surface area contributed by atoms with Gasteiger partial charge in [0, 0.05) is 22.4 Å². The third-order valence-electron chi connectivity index (χ3n) is 6.09. The summed E-state index contributed by atoms with van der Waals surface area (Å²) in [4.78, 5) is 17.3. The van der Waals surface area contributed by atoms with Gasteiger partial charge in [-0.2, -0.15) is 0 Å². The maximum atomic E-state index is 14.1. The zero-order valence-electron chi connectivity index (χ0n) is 16.8. The number of thiophene rings is 1. The number of hydrogen-bond donors (Lipinski definition) is 1. The Morgan fingerprint density at radius 1 is 0.935 bits per heavy atom. The molecule has 2 aromatic carbocycles. The van der Waals surface area contributed by atoms with Gasteiger partial charge in [0.2, 0.25) is 0 Å². The molecule has 0 spiro atoms. The molecular weight excluding hydrogens is 421 g/mol. The average molecular weight is 443 g/mol. The Morgan fingerprint density at radius 2 is 1.68 bits per heavy atom. The summed E-state index contributed by atoms with van der Waals surface area (Å²) in [6.45, 7) is 0.445. The lowest BCUT2D eigenvalue weighted by atomic mass is 9.88. The number of fused-ring (bicyclic) bond motifs is 3. The van der Waals surface area contributed by atoms with Crippen LogP contribution < -0.4 is 5.32 Å². The number of carbonyl (C=O) groups is 1. The van der Waals surface area contributed by atoms with Gasteiger partial charge in [0.15, 0.2) is 0 Å². The van der Waals surface area contributed by atoms with Crippen molar-refractivity contribution in [3.63, 3.8) is 0 Å². The molecular formula is C24H21F3N2OS. The number of anilines is 1. The van der Waals surface area contributed by atoms with Gasteiger partial charge in [-0.3, -0.25) is 0 Å². The lowest BCUT2D eigenvalue weighted by Gasteiger charge is -2.36. The second kappa shape index (κ2) is 8.04. The van der Waals surface area contributed by atoms with Crippen LogP contribution in [0, 0.1) is 17.5 Å². The van der Waals surface area contributed by atoms with Crippen LogP contribution in [-0.2, 0) is 19.3 Å².